The third-order valence-corrected chi connectivity index (χ3v) is 7.19. The Morgan fingerprint density at radius 2 is 1.61 bits per heavy atom. The molecule has 0 saturated heterocycles. The van der Waals surface area contributed by atoms with E-state index in [0.717, 1.165) is 24.8 Å². The van der Waals surface area contributed by atoms with E-state index in [4.69, 9.17) is 4.74 Å². The van der Waals surface area contributed by atoms with E-state index < -0.39 is 18.0 Å². The van der Waals surface area contributed by atoms with E-state index in [2.05, 4.69) is 10.6 Å². The summed E-state index contributed by atoms with van der Waals surface area (Å²) < 4.78 is 18.1. The minimum absolute atomic E-state index is 0.0354. The third kappa shape index (κ3) is 5.08. The lowest BCUT2D eigenvalue weighted by atomic mass is 9.49. The van der Waals surface area contributed by atoms with Crippen molar-refractivity contribution in [3.05, 3.63) is 35.6 Å². The Hall–Kier alpha value is -2.44. The molecule has 1 atom stereocenters. The molecule has 0 aliphatic heterocycles. The molecule has 6 nitrogen and oxygen atoms in total. The van der Waals surface area contributed by atoms with E-state index in [-0.39, 0.29) is 36.6 Å². The summed E-state index contributed by atoms with van der Waals surface area (Å²) in [5.74, 6) is 0.881. The van der Waals surface area contributed by atoms with Gasteiger partial charge in [0.05, 0.1) is 6.42 Å². The lowest BCUT2D eigenvalue weighted by Gasteiger charge is -2.55. The number of benzene rings is 1. The van der Waals surface area contributed by atoms with Crippen LogP contribution in [0.4, 0.5) is 4.39 Å². The summed E-state index contributed by atoms with van der Waals surface area (Å²) >= 11 is 0. The van der Waals surface area contributed by atoms with Crippen molar-refractivity contribution in [2.24, 2.45) is 23.2 Å². The number of carbonyl (C=O) groups excluding carboxylic acids is 3. The SMILES string of the molecule is C[C@H](OC(=O)CCNC(=O)C12CC3CC(CC(C3)C1)C2)C(=O)NCc1ccc(F)cc1. The molecule has 4 aliphatic carbocycles. The highest BCUT2D eigenvalue weighted by Gasteiger charge is 2.54. The summed E-state index contributed by atoms with van der Waals surface area (Å²) in [6, 6.07) is 5.81. The van der Waals surface area contributed by atoms with Crippen LogP contribution in [0.25, 0.3) is 0 Å². The van der Waals surface area contributed by atoms with Crippen LogP contribution in [0, 0.1) is 29.0 Å². The number of halogens is 1. The highest BCUT2D eigenvalue weighted by atomic mass is 19.1. The highest BCUT2D eigenvalue weighted by molar-refractivity contribution is 5.85. The van der Waals surface area contributed by atoms with Crippen molar-refractivity contribution in [3.8, 4) is 0 Å². The summed E-state index contributed by atoms with van der Waals surface area (Å²) in [7, 11) is 0. The molecule has 4 aliphatic rings. The lowest BCUT2D eigenvalue weighted by molar-refractivity contribution is -0.155. The van der Waals surface area contributed by atoms with E-state index >= 15 is 0 Å². The van der Waals surface area contributed by atoms with Gasteiger partial charge in [0.1, 0.15) is 5.82 Å². The molecule has 0 unspecified atom stereocenters. The number of rotatable bonds is 8. The molecule has 4 fully saturated rings. The predicted octanol–water partition coefficient (Wildman–Crippen LogP) is 3.10. The zero-order valence-corrected chi connectivity index (χ0v) is 18.0. The van der Waals surface area contributed by atoms with Crippen LogP contribution in [0.5, 0.6) is 0 Å². The zero-order chi connectivity index (χ0) is 22.0. The zero-order valence-electron chi connectivity index (χ0n) is 18.0. The van der Waals surface area contributed by atoms with Gasteiger partial charge in [0, 0.05) is 18.5 Å². The molecule has 4 saturated carbocycles. The number of hydrogen-bond acceptors (Lipinski definition) is 4. The molecule has 7 heteroatoms. The molecule has 2 amide bonds. The van der Waals surface area contributed by atoms with Crippen molar-refractivity contribution in [1.82, 2.24) is 10.6 Å². The first-order valence-electron chi connectivity index (χ1n) is 11.3. The molecule has 0 aromatic heterocycles. The second kappa shape index (κ2) is 8.97. The van der Waals surface area contributed by atoms with Crippen molar-refractivity contribution >= 4 is 17.8 Å². The molecule has 31 heavy (non-hydrogen) atoms. The van der Waals surface area contributed by atoms with Gasteiger partial charge in [0.2, 0.25) is 5.91 Å². The van der Waals surface area contributed by atoms with Gasteiger partial charge in [-0.3, -0.25) is 14.4 Å². The van der Waals surface area contributed by atoms with Crippen LogP contribution < -0.4 is 10.6 Å². The maximum absolute atomic E-state index is 12.9. The maximum atomic E-state index is 12.9. The molecule has 1 aromatic carbocycles. The van der Waals surface area contributed by atoms with E-state index in [1.807, 2.05) is 0 Å². The van der Waals surface area contributed by atoms with Gasteiger partial charge in [-0.05, 0) is 80.9 Å². The first-order valence-corrected chi connectivity index (χ1v) is 11.3. The number of carbonyl (C=O) groups is 3. The molecule has 168 valence electrons. The van der Waals surface area contributed by atoms with Crippen LogP contribution in [0.1, 0.15) is 57.4 Å². The largest absolute Gasteiger partial charge is 0.452 e. The smallest absolute Gasteiger partial charge is 0.308 e. The predicted molar refractivity (Wildman–Crippen MR) is 112 cm³/mol. The summed E-state index contributed by atoms with van der Waals surface area (Å²) in [5.41, 5.74) is 0.521. The molecule has 5 rings (SSSR count). The molecular formula is C24H31FN2O4. The summed E-state index contributed by atoms with van der Waals surface area (Å²) in [6.45, 7) is 1.96. The Morgan fingerprint density at radius 1 is 1.03 bits per heavy atom. The fraction of sp³-hybridized carbons (Fsp3) is 0.625. The first-order chi connectivity index (χ1) is 14.8. The van der Waals surface area contributed by atoms with Crippen molar-refractivity contribution in [2.45, 2.75) is 64.5 Å². The standard InChI is InChI=1S/C24H31FN2O4/c1-15(22(29)27-14-16-2-4-20(25)5-3-16)31-21(28)6-7-26-23(30)24-11-17-8-18(12-24)10-19(9-17)13-24/h2-5,15,17-19H,6-14H2,1H3,(H,26,30)(H,27,29)/t15-,17?,18?,19?,24?/m0/s1. The van der Waals surface area contributed by atoms with Gasteiger partial charge in [-0.25, -0.2) is 4.39 Å². The molecule has 0 heterocycles. The fourth-order valence-electron chi connectivity index (χ4n) is 6.10. The van der Waals surface area contributed by atoms with Gasteiger partial charge in [-0.2, -0.15) is 0 Å². The number of nitrogens with one attached hydrogen (secondary N) is 2. The Morgan fingerprint density at radius 3 is 2.19 bits per heavy atom. The van der Waals surface area contributed by atoms with Gasteiger partial charge in [-0.15, -0.1) is 0 Å². The average molecular weight is 431 g/mol. The molecule has 0 radical (unpaired) electrons. The van der Waals surface area contributed by atoms with Crippen molar-refractivity contribution in [3.63, 3.8) is 0 Å². The van der Waals surface area contributed by atoms with Crippen LogP contribution in [0.3, 0.4) is 0 Å². The summed E-state index contributed by atoms with van der Waals surface area (Å²) in [4.78, 5) is 37.1. The molecule has 0 spiro atoms. The van der Waals surface area contributed by atoms with Gasteiger partial charge < -0.3 is 15.4 Å². The Bertz CT molecular complexity index is 803. The topological polar surface area (TPSA) is 84.5 Å². The van der Waals surface area contributed by atoms with Crippen LogP contribution >= 0.6 is 0 Å². The van der Waals surface area contributed by atoms with Crippen LogP contribution in [0.15, 0.2) is 24.3 Å². The number of esters is 1. The third-order valence-electron chi connectivity index (χ3n) is 7.19. The molecule has 1 aromatic rings. The molecule has 2 N–H and O–H groups in total. The number of ether oxygens (including phenoxy) is 1. The van der Waals surface area contributed by atoms with Gasteiger partial charge in [0.25, 0.3) is 5.91 Å². The van der Waals surface area contributed by atoms with Crippen molar-refractivity contribution in [1.29, 1.82) is 0 Å². The Balaban J connectivity index is 1.16. The van der Waals surface area contributed by atoms with E-state index in [9.17, 15) is 18.8 Å². The Labute approximate surface area is 182 Å². The monoisotopic (exact) mass is 430 g/mol. The van der Waals surface area contributed by atoms with Crippen molar-refractivity contribution in [2.75, 3.05) is 6.54 Å². The number of amides is 2. The minimum Gasteiger partial charge on any atom is -0.452 e. The van der Waals surface area contributed by atoms with Gasteiger partial charge >= 0.3 is 5.97 Å². The van der Waals surface area contributed by atoms with E-state index in [1.54, 1.807) is 12.1 Å². The molecule has 4 bridgehead atoms. The van der Waals surface area contributed by atoms with Crippen LogP contribution in [-0.2, 0) is 25.7 Å². The minimum atomic E-state index is -0.938. The average Bonchev–Trinajstić information content (AvgIpc) is 2.72. The van der Waals surface area contributed by atoms with Gasteiger partial charge in [-0.1, -0.05) is 12.1 Å². The summed E-state index contributed by atoms with van der Waals surface area (Å²) in [5, 5.41) is 5.62. The second-order valence-corrected chi connectivity index (χ2v) is 9.68. The lowest BCUT2D eigenvalue weighted by Crippen LogP contribution is -2.53. The summed E-state index contributed by atoms with van der Waals surface area (Å²) in [6.07, 6.45) is 5.89. The van der Waals surface area contributed by atoms with E-state index in [0.29, 0.717) is 17.8 Å². The molecular weight excluding hydrogens is 399 g/mol. The normalized spacial score (nSPS) is 29.3. The van der Waals surface area contributed by atoms with Gasteiger partial charge in [0.15, 0.2) is 6.10 Å². The van der Waals surface area contributed by atoms with Crippen LogP contribution in [-0.4, -0.2) is 30.4 Å². The Kier molecular flexibility index (Phi) is 6.30. The van der Waals surface area contributed by atoms with Crippen molar-refractivity contribution < 1.29 is 23.5 Å². The maximum Gasteiger partial charge on any atom is 0.308 e. The highest BCUT2D eigenvalue weighted by Crippen LogP contribution is 2.60. The second-order valence-electron chi connectivity index (χ2n) is 9.68. The van der Waals surface area contributed by atoms with Crippen LogP contribution in [0.2, 0.25) is 0 Å². The fourth-order valence-corrected chi connectivity index (χ4v) is 6.10. The van der Waals surface area contributed by atoms with E-state index in [1.165, 1.54) is 38.3 Å². The number of hydrogen-bond donors (Lipinski definition) is 2. The quantitative estimate of drug-likeness (QED) is 0.621. The first kappa shape index (κ1) is 21.8.